The standard InChI is InChI=1S/C22H26N4O2/c1-3-25-19-9-6-12-23-20(19)26(22(25)28)15-17-10-13-24(14-11-17)21(27)18-8-5-4-7-16(18)2/h4-9,12,17H,3,10-11,13-15H2,1-2H3. The first-order chi connectivity index (χ1) is 13.6. The molecule has 0 bridgehead atoms. The molecule has 0 aliphatic carbocycles. The quantitative estimate of drug-likeness (QED) is 0.701. The number of nitrogens with zero attached hydrogens (tertiary/aromatic N) is 4. The molecule has 6 nitrogen and oxygen atoms in total. The summed E-state index contributed by atoms with van der Waals surface area (Å²) >= 11 is 0. The molecule has 1 saturated heterocycles. The van der Waals surface area contributed by atoms with Gasteiger partial charge in [-0.3, -0.25) is 13.9 Å². The molecule has 0 N–H and O–H groups in total. The number of imidazole rings is 1. The number of piperidine rings is 1. The number of rotatable bonds is 4. The van der Waals surface area contributed by atoms with Gasteiger partial charge in [-0.05, 0) is 56.4 Å². The number of hydrogen-bond donors (Lipinski definition) is 0. The Labute approximate surface area is 164 Å². The second-order valence-corrected chi connectivity index (χ2v) is 7.53. The molecule has 28 heavy (non-hydrogen) atoms. The Morgan fingerprint density at radius 1 is 1.11 bits per heavy atom. The molecule has 146 valence electrons. The van der Waals surface area contributed by atoms with Gasteiger partial charge in [0.2, 0.25) is 0 Å². The average Bonchev–Trinajstić information content (AvgIpc) is 2.99. The smallest absolute Gasteiger partial charge is 0.330 e. The van der Waals surface area contributed by atoms with Gasteiger partial charge in [0.25, 0.3) is 5.91 Å². The molecule has 1 aromatic carbocycles. The molecule has 4 rings (SSSR count). The van der Waals surface area contributed by atoms with Crippen molar-refractivity contribution in [3.8, 4) is 0 Å². The van der Waals surface area contributed by atoms with E-state index in [9.17, 15) is 9.59 Å². The topological polar surface area (TPSA) is 60.1 Å². The highest BCUT2D eigenvalue weighted by atomic mass is 16.2. The number of aromatic nitrogens is 3. The van der Waals surface area contributed by atoms with Crippen molar-refractivity contribution in [3.63, 3.8) is 0 Å². The Bertz CT molecular complexity index is 1060. The van der Waals surface area contributed by atoms with Crippen LogP contribution in [0.15, 0.2) is 47.4 Å². The number of carbonyl (C=O) groups excluding carboxylic acids is 1. The number of aryl methyl sites for hydroxylation is 2. The number of carbonyl (C=O) groups is 1. The van der Waals surface area contributed by atoms with Crippen LogP contribution in [-0.2, 0) is 13.1 Å². The van der Waals surface area contributed by atoms with Crippen LogP contribution in [0.5, 0.6) is 0 Å². The lowest BCUT2D eigenvalue weighted by Gasteiger charge is -2.32. The third kappa shape index (κ3) is 3.23. The lowest BCUT2D eigenvalue weighted by atomic mass is 9.95. The second kappa shape index (κ2) is 7.62. The Morgan fingerprint density at radius 2 is 1.86 bits per heavy atom. The minimum absolute atomic E-state index is 0.00890. The summed E-state index contributed by atoms with van der Waals surface area (Å²) in [6.45, 7) is 6.71. The van der Waals surface area contributed by atoms with Crippen molar-refractivity contribution >= 4 is 17.1 Å². The average molecular weight is 378 g/mol. The van der Waals surface area contributed by atoms with Crippen LogP contribution in [0.25, 0.3) is 11.2 Å². The van der Waals surface area contributed by atoms with Crippen LogP contribution < -0.4 is 5.69 Å². The first-order valence-corrected chi connectivity index (χ1v) is 9.99. The Hall–Kier alpha value is -2.89. The monoisotopic (exact) mass is 378 g/mol. The molecule has 1 amide bonds. The van der Waals surface area contributed by atoms with E-state index in [0.717, 1.165) is 48.2 Å². The Kier molecular flexibility index (Phi) is 5.03. The number of amides is 1. The van der Waals surface area contributed by atoms with Gasteiger partial charge in [0.1, 0.15) is 0 Å². The maximum absolute atomic E-state index is 12.8. The van der Waals surface area contributed by atoms with Gasteiger partial charge in [0.15, 0.2) is 5.65 Å². The molecule has 0 unspecified atom stereocenters. The second-order valence-electron chi connectivity index (χ2n) is 7.53. The van der Waals surface area contributed by atoms with Crippen LogP contribution in [0.1, 0.15) is 35.7 Å². The maximum Gasteiger partial charge on any atom is 0.330 e. The van der Waals surface area contributed by atoms with Crippen molar-refractivity contribution < 1.29 is 4.79 Å². The van der Waals surface area contributed by atoms with Crippen molar-refractivity contribution in [1.29, 1.82) is 0 Å². The Morgan fingerprint density at radius 3 is 2.57 bits per heavy atom. The molecule has 1 fully saturated rings. The molecule has 0 saturated carbocycles. The summed E-state index contributed by atoms with van der Waals surface area (Å²) in [6, 6.07) is 11.6. The van der Waals surface area contributed by atoms with Crippen LogP contribution in [0.3, 0.4) is 0 Å². The van der Waals surface area contributed by atoms with E-state index in [2.05, 4.69) is 4.98 Å². The van der Waals surface area contributed by atoms with Gasteiger partial charge in [-0.15, -0.1) is 0 Å². The highest BCUT2D eigenvalue weighted by Gasteiger charge is 2.26. The highest BCUT2D eigenvalue weighted by Crippen LogP contribution is 2.22. The fourth-order valence-corrected chi connectivity index (χ4v) is 4.18. The number of benzene rings is 1. The first-order valence-electron chi connectivity index (χ1n) is 9.99. The fourth-order valence-electron chi connectivity index (χ4n) is 4.18. The van der Waals surface area contributed by atoms with Gasteiger partial charge in [-0.2, -0.15) is 0 Å². The summed E-state index contributed by atoms with van der Waals surface area (Å²) in [7, 11) is 0. The summed E-state index contributed by atoms with van der Waals surface area (Å²) in [6.07, 6.45) is 3.53. The Balaban J connectivity index is 1.48. The maximum atomic E-state index is 12.8. The van der Waals surface area contributed by atoms with Crippen molar-refractivity contribution in [1.82, 2.24) is 19.0 Å². The molecular weight excluding hydrogens is 352 g/mol. The van der Waals surface area contributed by atoms with E-state index in [0.29, 0.717) is 19.0 Å². The number of hydrogen-bond acceptors (Lipinski definition) is 3. The molecule has 3 heterocycles. The summed E-state index contributed by atoms with van der Waals surface area (Å²) in [5, 5.41) is 0. The van der Waals surface area contributed by atoms with E-state index in [1.807, 2.05) is 59.7 Å². The van der Waals surface area contributed by atoms with Gasteiger partial charge in [0.05, 0.1) is 5.52 Å². The first kappa shape index (κ1) is 18.5. The van der Waals surface area contributed by atoms with E-state index in [1.165, 1.54) is 0 Å². The molecule has 0 atom stereocenters. The van der Waals surface area contributed by atoms with E-state index in [4.69, 9.17) is 0 Å². The molecule has 3 aromatic rings. The molecule has 1 aliphatic rings. The summed E-state index contributed by atoms with van der Waals surface area (Å²) in [4.78, 5) is 32.0. The lowest BCUT2D eigenvalue weighted by Crippen LogP contribution is -2.40. The predicted octanol–water partition coefficient (Wildman–Crippen LogP) is 3.08. The van der Waals surface area contributed by atoms with Crippen LogP contribution in [0.2, 0.25) is 0 Å². The van der Waals surface area contributed by atoms with Gasteiger partial charge < -0.3 is 4.90 Å². The summed E-state index contributed by atoms with van der Waals surface area (Å²) < 4.78 is 3.58. The molecule has 2 aromatic heterocycles. The SMILES string of the molecule is CCn1c(=O)n(CC2CCN(C(=O)c3ccccc3C)CC2)c2ncccc21. The summed E-state index contributed by atoms with van der Waals surface area (Å²) in [5.74, 6) is 0.481. The highest BCUT2D eigenvalue weighted by molar-refractivity contribution is 5.95. The zero-order valence-corrected chi connectivity index (χ0v) is 16.5. The van der Waals surface area contributed by atoms with Gasteiger partial charge in [0, 0.05) is 37.9 Å². The van der Waals surface area contributed by atoms with Crippen molar-refractivity contribution in [2.45, 2.75) is 39.8 Å². The summed E-state index contributed by atoms with van der Waals surface area (Å²) in [5.41, 5.74) is 3.46. The van der Waals surface area contributed by atoms with Gasteiger partial charge in [-0.1, -0.05) is 18.2 Å². The predicted molar refractivity (Wildman–Crippen MR) is 109 cm³/mol. The number of pyridine rings is 1. The van der Waals surface area contributed by atoms with Crippen molar-refractivity contribution in [2.75, 3.05) is 13.1 Å². The minimum Gasteiger partial charge on any atom is -0.339 e. The van der Waals surface area contributed by atoms with Crippen molar-refractivity contribution in [2.24, 2.45) is 5.92 Å². The van der Waals surface area contributed by atoms with Crippen LogP contribution in [0.4, 0.5) is 0 Å². The third-order valence-corrected chi connectivity index (χ3v) is 5.81. The van der Waals surface area contributed by atoms with Gasteiger partial charge >= 0.3 is 5.69 Å². The zero-order valence-electron chi connectivity index (χ0n) is 16.5. The van der Waals surface area contributed by atoms with Crippen LogP contribution in [0, 0.1) is 12.8 Å². The lowest BCUT2D eigenvalue weighted by molar-refractivity contribution is 0.0682. The van der Waals surface area contributed by atoms with Crippen molar-refractivity contribution in [3.05, 3.63) is 64.2 Å². The van der Waals surface area contributed by atoms with E-state index >= 15 is 0 Å². The normalized spacial score (nSPS) is 15.3. The number of likely N-dealkylation sites (tertiary alicyclic amines) is 1. The molecule has 1 aliphatic heterocycles. The largest absolute Gasteiger partial charge is 0.339 e. The zero-order chi connectivity index (χ0) is 19.7. The van der Waals surface area contributed by atoms with E-state index in [1.54, 1.807) is 10.8 Å². The minimum atomic E-state index is 0.00890. The molecule has 6 heteroatoms. The number of fused-ring (bicyclic) bond motifs is 1. The van der Waals surface area contributed by atoms with E-state index in [-0.39, 0.29) is 11.6 Å². The third-order valence-electron chi connectivity index (χ3n) is 5.81. The molecule has 0 radical (unpaired) electrons. The molecular formula is C22H26N4O2. The van der Waals surface area contributed by atoms with E-state index < -0.39 is 0 Å². The fraction of sp³-hybridized carbons (Fsp3) is 0.409. The van der Waals surface area contributed by atoms with Crippen LogP contribution >= 0.6 is 0 Å². The molecule has 0 spiro atoms. The van der Waals surface area contributed by atoms with Gasteiger partial charge in [-0.25, -0.2) is 9.78 Å². The van der Waals surface area contributed by atoms with Crippen LogP contribution in [-0.4, -0.2) is 38.0 Å².